The highest BCUT2D eigenvalue weighted by Crippen LogP contribution is 2.03. The maximum atomic E-state index is 5.81. The molecule has 4 nitrogen and oxygen atoms in total. The van der Waals surface area contributed by atoms with Crippen molar-refractivity contribution in [2.75, 3.05) is 31.5 Å². The Balaban J connectivity index is 2.26. The number of hydrogen-bond acceptors (Lipinski definition) is 2. The van der Waals surface area contributed by atoms with Gasteiger partial charge in [-0.1, -0.05) is 32.0 Å². The van der Waals surface area contributed by atoms with Crippen molar-refractivity contribution in [2.24, 2.45) is 10.7 Å². The molecule has 1 aromatic rings. The largest absolute Gasteiger partial charge is 0.370 e. The highest BCUT2D eigenvalue weighted by molar-refractivity contribution is 5.92. The zero-order valence-corrected chi connectivity index (χ0v) is 11.4. The molecule has 3 N–H and O–H groups in total. The number of hydrogen-bond donors (Lipinski definition) is 2. The average Bonchev–Trinajstić information content (AvgIpc) is 2.40. The Labute approximate surface area is 110 Å². The van der Waals surface area contributed by atoms with Gasteiger partial charge >= 0.3 is 0 Å². The summed E-state index contributed by atoms with van der Waals surface area (Å²) >= 11 is 0. The maximum absolute atomic E-state index is 5.81. The van der Waals surface area contributed by atoms with Gasteiger partial charge in [-0.05, 0) is 38.2 Å². The van der Waals surface area contributed by atoms with Crippen molar-refractivity contribution in [3.8, 4) is 0 Å². The fourth-order valence-electron chi connectivity index (χ4n) is 1.74. The van der Waals surface area contributed by atoms with Crippen LogP contribution in [0.4, 0.5) is 5.69 Å². The van der Waals surface area contributed by atoms with Crippen molar-refractivity contribution in [1.29, 1.82) is 0 Å². The molecule has 4 heteroatoms. The number of benzene rings is 1. The van der Waals surface area contributed by atoms with Gasteiger partial charge < -0.3 is 16.0 Å². The smallest absolute Gasteiger partial charge is 0.193 e. The van der Waals surface area contributed by atoms with Gasteiger partial charge in [-0.3, -0.25) is 4.99 Å². The van der Waals surface area contributed by atoms with Crippen molar-refractivity contribution in [3.63, 3.8) is 0 Å². The quantitative estimate of drug-likeness (QED) is 0.441. The lowest BCUT2D eigenvalue weighted by Gasteiger charge is -2.16. The first-order valence-corrected chi connectivity index (χ1v) is 6.60. The lowest BCUT2D eigenvalue weighted by molar-refractivity contribution is 0.302. The highest BCUT2D eigenvalue weighted by Gasteiger charge is 1.98. The first kappa shape index (κ1) is 14.5. The number of nitrogens with one attached hydrogen (secondary N) is 1. The molecule has 0 aliphatic carbocycles. The summed E-state index contributed by atoms with van der Waals surface area (Å²) in [5.41, 5.74) is 6.79. The minimum Gasteiger partial charge on any atom is -0.370 e. The zero-order valence-electron chi connectivity index (χ0n) is 11.4. The number of nitrogens with zero attached hydrogens (tertiary/aromatic N) is 2. The van der Waals surface area contributed by atoms with Crippen LogP contribution in [0.25, 0.3) is 0 Å². The van der Waals surface area contributed by atoms with E-state index >= 15 is 0 Å². The summed E-state index contributed by atoms with van der Waals surface area (Å²) < 4.78 is 0. The molecule has 0 heterocycles. The molecule has 1 rings (SSSR count). The van der Waals surface area contributed by atoms with Gasteiger partial charge in [0.1, 0.15) is 0 Å². The molecule has 0 spiro atoms. The fraction of sp³-hybridized carbons (Fsp3) is 0.500. The summed E-state index contributed by atoms with van der Waals surface area (Å²) in [6.45, 7) is 8.39. The third-order valence-corrected chi connectivity index (χ3v) is 2.86. The van der Waals surface area contributed by atoms with E-state index in [1.54, 1.807) is 0 Å². The van der Waals surface area contributed by atoms with Gasteiger partial charge in [0.15, 0.2) is 5.96 Å². The third-order valence-electron chi connectivity index (χ3n) is 2.86. The molecule has 0 aromatic heterocycles. The van der Waals surface area contributed by atoms with Gasteiger partial charge in [-0.15, -0.1) is 0 Å². The standard InChI is InChI=1S/C14H24N4/c1-3-18(4-2)12-8-11-16-14(15)17-13-9-6-5-7-10-13/h5-7,9-10H,3-4,8,11-12H2,1-2H3,(H3,15,16,17). The number of aliphatic imine (C=N–C) groups is 1. The van der Waals surface area contributed by atoms with Crippen LogP contribution in [0.3, 0.4) is 0 Å². The van der Waals surface area contributed by atoms with Crippen molar-refractivity contribution in [1.82, 2.24) is 4.90 Å². The molecule has 0 aliphatic rings. The SMILES string of the molecule is CCN(CC)CCCN=C(N)Nc1ccccc1. The monoisotopic (exact) mass is 248 g/mol. The summed E-state index contributed by atoms with van der Waals surface area (Å²) in [6.07, 6.45) is 1.04. The molecule has 0 radical (unpaired) electrons. The van der Waals surface area contributed by atoms with Crippen LogP contribution in [-0.4, -0.2) is 37.0 Å². The third kappa shape index (κ3) is 5.68. The first-order chi connectivity index (χ1) is 8.76. The van der Waals surface area contributed by atoms with E-state index in [-0.39, 0.29) is 0 Å². The number of para-hydroxylation sites is 1. The molecular formula is C14H24N4. The predicted molar refractivity (Wildman–Crippen MR) is 79.0 cm³/mol. The predicted octanol–water partition coefficient (Wildman–Crippen LogP) is 2.15. The van der Waals surface area contributed by atoms with Crippen LogP contribution in [0.1, 0.15) is 20.3 Å². The number of nitrogens with two attached hydrogens (primary N) is 1. The minimum absolute atomic E-state index is 0.487. The summed E-state index contributed by atoms with van der Waals surface area (Å²) in [4.78, 5) is 6.70. The molecule has 0 unspecified atom stereocenters. The molecule has 0 aliphatic heterocycles. The van der Waals surface area contributed by atoms with E-state index in [1.807, 2.05) is 30.3 Å². The maximum Gasteiger partial charge on any atom is 0.193 e. The van der Waals surface area contributed by atoms with Crippen molar-refractivity contribution in [3.05, 3.63) is 30.3 Å². The summed E-state index contributed by atoms with van der Waals surface area (Å²) in [5, 5.41) is 3.07. The van der Waals surface area contributed by atoms with Crippen LogP contribution >= 0.6 is 0 Å². The number of anilines is 1. The highest BCUT2D eigenvalue weighted by atomic mass is 15.1. The van der Waals surface area contributed by atoms with Crippen molar-refractivity contribution >= 4 is 11.6 Å². The van der Waals surface area contributed by atoms with Crippen molar-refractivity contribution in [2.45, 2.75) is 20.3 Å². The Hall–Kier alpha value is -1.55. The Morgan fingerprint density at radius 1 is 1.22 bits per heavy atom. The summed E-state index contributed by atoms with van der Waals surface area (Å²) in [7, 11) is 0. The minimum atomic E-state index is 0.487. The molecule has 1 aromatic carbocycles. The van der Waals surface area contributed by atoms with Gasteiger partial charge in [-0.25, -0.2) is 0 Å². The zero-order chi connectivity index (χ0) is 13.2. The Morgan fingerprint density at radius 3 is 2.50 bits per heavy atom. The summed E-state index contributed by atoms with van der Waals surface area (Å²) in [5.74, 6) is 0.487. The van der Waals surface area contributed by atoms with E-state index in [1.165, 1.54) is 0 Å². The molecule has 18 heavy (non-hydrogen) atoms. The van der Waals surface area contributed by atoms with Crippen LogP contribution in [0.15, 0.2) is 35.3 Å². The van der Waals surface area contributed by atoms with Gasteiger partial charge in [0.05, 0.1) is 0 Å². The van der Waals surface area contributed by atoms with Crippen LogP contribution in [-0.2, 0) is 0 Å². The van der Waals surface area contributed by atoms with Crippen molar-refractivity contribution < 1.29 is 0 Å². The van der Waals surface area contributed by atoms with E-state index < -0.39 is 0 Å². The first-order valence-electron chi connectivity index (χ1n) is 6.60. The second-order valence-corrected chi connectivity index (χ2v) is 4.14. The molecule has 0 saturated carbocycles. The van der Waals surface area contributed by atoms with Gasteiger partial charge in [0, 0.05) is 12.2 Å². The van der Waals surface area contributed by atoms with Crippen LogP contribution in [0, 0.1) is 0 Å². The Kier molecular flexibility index (Phi) is 6.87. The molecule has 0 bridgehead atoms. The second-order valence-electron chi connectivity index (χ2n) is 4.14. The number of rotatable bonds is 7. The van der Waals surface area contributed by atoms with Crippen LogP contribution in [0.2, 0.25) is 0 Å². The van der Waals surface area contributed by atoms with E-state index in [0.29, 0.717) is 5.96 Å². The average molecular weight is 248 g/mol. The Morgan fingerprint density at radius 2 is 1.89 bits per heavy atom. The molecule has 0 saturated heterocycles. The normalized spacial score (nSPS) is 11.8. The van der Waals surface area contributed by atoms with Gasteiger partial charge in [-0.2, -0.15) is 0 Å². The van der Waals surface area contributed by atoms with Gasteiger partial charge in [0.2, 0.25) is 0 Å². The van der Waals surface area contributed by atoms with Crippen LogP contribution < -0.4 is 11.1 Å². The second kappa shape index (κ2) is 8.53. The van der Waals surface area contributed by atoms with Gasteiger partial charge in [0.25, 0.3) is 0 Å². The lowest BCUT2D eigenvalue weighted by Crippen LogP contribution is -2.26. The summed E-state index contributed by atoms with van der Waals surface area (Å²) in [6, 6.07) is 9.85. The molecular weight excluding hydrogens is 224 g/mol. The van der Waals surface area contributed by atoms with Crippen LogP contribution in [0.5, 0.6) is 0 Å². The van der Waals surface area contributed by atoms with E-state index in [9.17, 15) is 0 Å². The lowest BCUT2D eigenvalue weighted by atomic mass is 10.3. The Bertz CT molecular complexity index is 344. The number of guanidine groups is 1. The van der Waals surface area contributed by atoms with E-state index in [0.717, 1.165) is 38.3 Å². The fourth-order valence-corrected chi connectivity index (χ4v) is 1.74. The molecule has 0 atom stereocenters. The molecule has 0 fully saturated rings. The van der Waals surface area contributed by atoms with E-state index in [4.69, 9.17) is 5.73 Å². The topological polar surface area (TPSA) is 53.6 Å². The van der Waals surface area contributed by atoms with E-state index in [2.05, 4.69) is 29.1 Å². The molecule has 0 amide bonds. The molecule has 100 valence electrons.